The predicted molar refractivity (Wildman–Crippen MR) is 111 cm³/mol. The fourth-order valence-corrected chi connectivity index (χ4v) is 3.29. The monoisotopic (exact) mass is 371 g/mol. The first-order valence-electron chi connectivity index (χ1n) is 9.23. The Morgan fingerprint density at radius 1 is 1.04 bits per heavy atom. The van der Waals surface area contributed by atoms with Crippen molar-refractivity contribution in [1.29, 1.82) is 0 Å². The molecule has 4 rings (SSSR count). The second-order valence-electron chi connectivity index (χ2n) is 6.63. The van der Waals surface area contributed by atoms with Gasteiger partial charge in [0.1, 0.15) is 0 Å². The number of aryl methyl sites for hydroxylation is 2. The van der Waals surface area contributed by atoms with Crippen molar-refractivity contribution >= 4 is 28.4 Å². The van der Waals surface area contributed by atoms with E-state index in [0.29, 0.717) is 23.6 Å². The summed E-state index contributed by atoms with van der Waals surface area (Å²) in [6, 6.07) is 18.2. The largest absolute Gasteiger partial charge is 0.365 e. The number of hydrogen-bond acceptors (Lipinski definition) is 4. The summed E-state index contributed by atoms with van der Waals surface area (Å²) >= 11 is 0. The molecule has 0 aliphatic rings. The Hall–Kier alpha value is -3.67. The number of nitrogens with two attached hydrogens (primary N) is 1. The molecule has 28 heavy (non-hydrogen) atoms. The van der Waals surface area contributed by atoms with Gasteiger partial charge in [-0.05, 0) is 43.0 Å². The van der Waals surface area contributed by atoms with Crippen LogP contribution in [0.2, 0.25) is 0 Å². The molecule has 1 amide bonds. The molecular formula is C22H21N5O. The highest BCUT2D eigenvalue weighted by molar-refractivity contribution is 5.94. The van der Waals surface area contributed by atoms with Gasteiger partial charge in [0.25, 0.3) is 5.91 Å². The lowest BCUT2D eigenvalue weighted by atomic mass is 10.0. The van der Waals surface area contributed by atoms with Gasteiger partial charge in [0.05, 0.1) is 16.9 Å². The zero-order valence-electron chi connectivity index (χ0n) is 15.4. The molecule has 0 spiro atoms. The second kappa shape index (κ2) is 7.92. The number of carbonyl (C=O) groups excluding carboxylic acids is 1. The molecule has 0 saturated heterocycles. The van der Waals surface area contributed by atoms with E-state index in [2.05, 4.69) is 32.4 Å². The van der Waals surface area contributed by atoms with Gasteiger partial charge in [0.2, 0.25) is 5.95 Å². The highest BCUT2D eigenvalue weighted by Gasteiger charge is 2.13. The van der Waals surface area contributed by atoms with Gasteiger partial charge in [-0.2, -0.15) is 0 Å². The average Bonchev–Trinajstić information content (AvgIpc) is 3.19. The third-order valence-electron chi connectivity index (χ3n) is 4.70. The number of primary amides is 1. The normalized spacial score (nSPS) is 10.9. The lowest BCUT2D eigenvalue weighted by molar-refractivity contribution is 0.0998. The predicted octanol–water partition coefficient (Wildman–Crippen LogP) is 3.98. The lowest BCUT2D eigenvalue weighted by Crippen LogP contribution is -2.16. The Labute approximate surface area is 162 Å². The van der Waals surface area contributed by atoms with Gasteiger partial charge in [0, 0.05) is 23.3 Å². The summed E-state index contributed by atoms with van der Waals surface area (Å²) in [4.78, 5) is 23.8. The Kier molecular flexibility index (Phi) is 5.01. The van der Waals surface area contributed by atoms with E-state index in [4.69, 9.17) is 5.73 Å². The van der Waals surface area contributed by atoms with Crippen LogP contribution < -0.4 is 11.1 Å². The van der Waals surface area contributed by atoms with E-state index < -0.39 is 5.91 Å². The van der Waals surface area contributed by atoms with E-state index >= 15 is 0 Å². The summed E-state index contributed by atoms with van der Waals surface area (Å²) in [7, 11) is 0. The molecule has 4 N–H and O–H groups in total. The van der Waals surface area contributed by atoms with E-state index in [1.54, 1.807) is 0 Å². The molecule has 0 bridgehead atoms. The van der Waals surface area contributed by atoms with Gasteiger partial charge >= 0.3 is 0 Å². The first kappa shape index (κ1) is 17.7. The van der Waals surface area contributed by atoms with Crippen molar-refractivity contribution in [2.45, 2.75) is 19.3 Å². The number of nitrogens with zero attached hydrogens (tertiary/aromatic N) is 2. The fraction of sp³-hybridized carbons (Fsp3) is 0.136. The SMILES string of the molecule is NC(=O)c1cnc(Nc2cccc3[nH]ccc23)nc1CCCc1ccccc1. The third kappa shape index (κ3) is 3.86. The third-order valence-corrected chi connectivity index (χ3v) is 4.70. The van der Waals surface area contributed by atoms with Crippen LogP contribution in [0.1, 0.15) is 28.0 Å². The number of fused-ring (bicyclic) bond motifs is 1. The van der Waals surface area contributed by atoms with Crippen molar-refractivity contribution in [2.75, 3.05) is 5.32 Å². The number of nitrogens with one attached hydrogen (secondary N) is 2. The molecule has 0 aliphatic heterocycles. The summed E-state index contributed by atoms with van der Waals surface area (Å²) in [5.74, 6) is -0.0533. The van der Waals surface area contributed by atoms with Crippen LogP contribution in [0.5, 0.6) is 0 Å². The van der Waals surface area contributed by atoms with E-state index in [0.717, 1.165) is 29.4 Å². The van der Waals surface area contributed by atoms with E-state index in [1.807, 2.05) is 48.7 Å². The topological polar surface area (TPSA) is 96.7 Å². The first-order valence-corrected chi connectivity index (χ1v) is 9.23. The molecular weight excluding hydrogens is 350 g/mol. The van der Waals surface area contributed by atoms with Gasteiger partial charge in [-0.1, -0.05) is 36.4 Å². The summed E-state index contributed by atoms with van der Waals surface area (Å²) < 4.78 is 0. The van der Waals surface area contributed by atoms with E-state index in [-0.39, 0.29) is 0 Å². The fourth-order valence-electron chi connectivity index (χ4n) is 3.29. The molecule has 2 aromatic heterocycles. The van der Waals surface area contributed by atoms with Crippen molar-refractivity contribution in [3.8, 4) is 0 Å². The molecule has 2 aromatic carbocycles. The number of anilines is 2. The van der Waals surface area contributed by atoms with Crippen molar-refractivity contribution in [3.05, 3.63) is 83.8 Å². The first-order chi connectivity index (χ1) is 13.7. The zero-order valence-corrected chi connectivity index (χ0v) is 15.4. The van der Waals surface area contributed by atoms with Crippen LogP contribution in [0, 0.1) is 0 Å². The maximum Gasteiger partial charge on any atom is 0.252 e. The van der Waals surface area contributed by atoms with Crippen LogP contribution in [-0.4, -0.2) is 20.9 Å². The number of hydrogen-bond donors (Lipinski definition) is 3. The van der Waals surface area contributed by atoms with E-state index in [9.17, 15) is 4.79 Å². The summed E-state index contributed by atoms with van der Waals surface area (Å²) in [5, 5.41) is 4.30. The number of H-pyrrole nitrogens is 1. The number of benzene rings is 2. The molecule has 140 valence electrons. The molecule has 2 heterocycles. The number of aromatic amines is 1. The zero-order chi connectivity index (χ0) is 19.3. The molecule has 0 unspecified atom stereocenters. The van der Waals surface area contributed by atoms with Crippen molar-refractivity contribution in [2.24, 2.45) is 5.73 Å². The Balaban J connectivity index is 1.55. The van der Waals surface area contributed by atoms with Crippen LogP contribution in [0.3, 0.4) is 0 Å². The average molecular weight is 371 g/mol. The van der Waals surface area contributed by atoms with Crippen LogP contribution >= 0.6 is 0 Å². The molecule has 6 heteroatoms. The van der Waals surface area contributed by atoms with Crippen LogP contribution in [0.25, 0.3) is 10.9 Å². The standard InChI is InChI=1S/C22H21N5O/c23-21(28)17-14-25-22(26-19-11-5-9-18-16(19)12-13-24-18)27-20(17)10-4-8-15-6-2-1-3-7-15/h1-3,5-7,9,11-14,24H,4,8,10H2,(H2,23,28)(H,25,26,27). The number of rotatable bonds is 7. The number of carbonyl (C=O) groups is 1. The Morgan fingerprint density at radius 3 is 2.71 bits per heavy atom. The summed E-state index contributed by atoms with van der Waals surface area (Å²) in [6.45, 7) is 0. The number of aromatic nitrogens is 3. The van der Waals surface area contributed by atoms with Crippen molar-refractivity contribution in [3.63, 3.8) is 0 Å². The maximum atomic E-state index is 11.8. The van der Waals surface area contributed by atoms with Gasteiger partial charge < -0.3 is 16.0 Å². The number of amides is 1. The highest BCUT2D eigenvalue weighted by atomic mass is 16.1. The van der Waals surface area contributed by atoms with Crippen molar-refractivity contribution in [1.82, 2.24) is 15.0 Å². The van der Waals surface area contributed by atoms with Crippen LogP contribution in [0.4, 0.5) is 11.6 Å². The smallest absolute Gasteiger partial charge is 0.252 e. The van der Waals surface area contributed by atoms with Crippen molar-refractivity contribution < 1.29 is 4.79 Å². The Bertz CT molecular complexity index is 1100. The molecule has 0 radical (unpaired) electrons. The lowest BCUT2D eigenvalue weighted by Gasteiger charge is -2.10. The van der Waals surface area contributed by atoms with E-state index in [1.165, 1.54) is 11.8 Å². The minimum absolute atomic E-state index is 0.374. The second-order valence-corrected chi connectivity index (χ2v) is 6.63. The van der Waals surface area contributed by atoms with Gasteiger partial charge in [0.15, 0.2) is 0 Å². The van der Waals surface area contributed by atoms with Crippen LogP contribution in [-0.2, 0) is 12.8 Å². The minimum Gasteiger partial charge on any atom is -0.365 e. The van der Waals surface area contributed by atoms with Gasteiger partial charge in [-0.25, -0.2) is 9.97 Å². The Morgan fingerprint density at radius 2 is 1.89 bits per heavy atom. The molecule has 0 aliphatic carbocycles. The molecule has 0 saturated carbocycles. The summed E-state index contributed by atoms with van der Waals surface area (Å²) in [5.41, 5.74) is 9.75. The summed E-state index contributed by atoms with van der Waals surface area (Å²) in [6.07, 6.45) is 5.83. The molecule has 0 atom stereocenters. The molecule has 0 fully saturated rings. The highest BCUT2D eigenvalue weighted by Crippen LogP contribution is 2.24. The molecule has 6 nitrogen and oxygen atoms in total. The maximum absolute atomic E-state index is 11.8. The van der Waals surface area contributed by atoms with Gasteiger partial charge in [-0.3, -0.25) is 4.79 Å². The minimum atomic E-state index is -0.506. The molecule has 4 aromatic rings. The van der Waals surface area contributed by atoms with Crippen LogP contribution in [0.15, 0.2) is 67.0 Å². The van der Waals surface area contributed by atoms with Gasteiger partial charge in [-0.15, -0.1) is 0 Å². The quantitative estimate of drug-likeness (QED) is 0.458.